The van der Waals surface area contributed by atoms with Crippen LogP contribution < -0.4 is 0 Å². The Hall–Kier alpha value is -0.840. The molecule has 16 heavy (non-hydrogen) atoms. The number of H-pyrrole nitrogens is 1. The van der Waals surface area contributed by atoms with Gasteiger partial charge in [0.2, 0.25) is 0 Å². The lowest BCUT2D eigenvalue weighted by atomic mass is 10.3. The smallest absolute Gasteiger partial charge is 0.178 e. The van der Waals surface area contributed by atoms with Crippen LogP contribution in [0.5, 0.6) is 0 Å². The van der Waals surface area contributed by atoms with Crippen molar-refractivity contribution in [3.05, 3.63) is 28.0 Å². The molecule has 2 aromatic rings. The number of nitrogens with zero attached hydrogens (tertiary/aromatic N) is 2. The zero-order valence-corrected chi connectivity index (χ0v) is 10.9. The second kappa shape index (κ2) is 4.57. The van der Waals surface area contributed by atoms with E-state index in [1.807, 2.05) is 32.3 Å². The Morgan fingerprint density at radius 1 is 1.44 bits per heavy atom. The van der Waals surface area contributed by atoms with Gasteiger partial charge in [-0.05, 0) is 38.4 Å². The molecule has 0 spiro atoms. The van der Waals surface area contributed by atoms with Gasteiger partial charge in [-0.25, -0.2) is 0 Å². The number of aromatic nitrogens is 2. The number of rotatable bonds is 3. The summed E-state index contributed by atoms with van der Waals surface area (Å²) in [6.45, 7) is 1.82. The standard InChI is InChI=1S/C11H14ClN3S/c1-14(2)6-7-15-9-5-3-4-8(12)10(9)13-11(15)16/h3-5H,6-7H2,1-2H3,(H,13,16). The van der Waals surface area contributed by atoms with E-state index in [2.05, 4.69) is 14.5 Å². The summed E-state index contributed by atoms with van der Waals surface area (Å²) in [6.07, 6.45) is 0. The van der Waals surface area contributed by atoms with Crippen LogP contribution in [0, 0.1) is 4.77 Å². The third kappa shape index (κ3) is 2.14. The van der Waals surface area contributed by atoms with Crippen LogP contribution in [0.25, 0.3) is 11.0 Å². The minimum absolute atomic E-state index is 0.715. The number of aromatic amines is 1. The highest BCUT2D eigenvalue weighted by Crippen LogP contribution is 2.22. The highest BCUT2D eigenvalue weighted by molar-refractivity contribution is 7.71. The fourth-order valence-corrected chi connectivity index (χ4v) is 2.18. The van der Waals surface area contributed by atoms with Crippen molar-refractivity contribution < 1.29 is 0 Å². The van der Waals surface area contributed by atoms with Gasteiger partial charge in [0.15, 0.2) is 4.77 Å². The average molecular weight is 256 g/mol. The van der Waals surface area contributed by atoms with E-state index in [4.69, 9.17) is 23.8 Å². The molecule has 0 aliphatic carbocycles. The van der Waals surface area contributed by atoms with Crippen LogP contribution >= 0.6 is 23.8 Å². The predicted octanol–water partition coefficient (Wildman–Crippen LogP) is 2.91. The number of hydrogen-bond acceptors (Lipinski definition) is 2. The number of halogens is 1. The first kappa shape index (κ1) is 11.6. The van der Waals surface area contributed by atoms with Gasteiger partial charge in [-0.15, -0.1) is 0 Å². The number of nitrogens with one attached hydrogen (secondary N) is 1. The maximum Gasteiger partial charge on any atom is 0.178 e. The summed E-state index contributed by atoms with van der Waals surface area (Å²) in [7, 11) is 4.09. The topological polar surface area (TPSA) is 24.0 Å². The highest BCUT2D eigenvalue weighted by atomic mass is 35.5. The molecule has 1 aromatic heterocycles. The molecule has 0 amide bonds. The lowest BCUT2D eigenvalue weighted by molar-refractivity contribution is 0.385. The number of fused-ring (bicyclic) bond motifs is 1. The fraction of sp³-hybridized carbons (Fsp3) is 0.364. The Morgan fingerprint density at radius 3 is 2.88 bits per heavy atom. The summed E-state index contributed by atoms with van der Waals surface area (Å²) in [5.41, 5.74) is 1.99. The van der Waals surface area contributed by atoms with Gasteiger partial charge < -0.3 is 14.5 Å². The maximum absolute atomic E-state index is 6.10. The molecule has 0 aliphatic heterocycles. The molecule has 86 valence electrons. The summed E-state index contributed by atoms with van der Waals surface area (Å²) in [6, 6.07) is 5.84. The Morgan fingerprint density at radius 2 is 2.19 bits per heavy atom. The minimum atomic E-state index is 0.715. The van der Waals surface area contributed by atoms with Crippen LogP contribution in [-0.2, 0) is 6.54 Å². The van der Waals surface area contributed by atoms with Crippen LogP contribution in [0.4, 0.5) is 0 Å². The zero-order chi connectivity index (χ0) is 11.7. The molecule has 0 radical (unpaired) electrons. The quantitative estimate of drug-likeness (QED) is 0.853. The van der Waals surface area contributed by atoms with E-state index < -0.39 is 0 Å². The molecule has 0 saturated heterocycles. The van der Waals surface area contributed by atoms with Crippen molar-refractivity contribution in [2.45, 2.75) is 6.54 Å². The van der Waals surface area contributed by atoms with Crippen molar-refractivity contribution >= 4 is 34.9 Å². The van der Waals surface area contributed by atoms with E-state index in [9.17, 15) is 0 Å². The lowest BCUT2D eigenvalue weighted by Crippen LogP contribution is -2.18. The Labute approximate surface area is 105 Å². The summed E-state index contributed by atoms with van der Waals surface area (Å²) in [5.74, 6) is 0. The number of benzene rings is 1. The molecular formula is C11H14ClN3S. The van der Waals surface area contributed by atoms with Gasteiger partial charge in [0.1, 0.15) is 0 Å². The first-order valence-electron chi connectivity index (χ1n) is 5.11. The highest BCUT2D eigenvalue weighted by Gasteiger charge is 2.06. The van der Waals surface area contributed by atoms with E-state index in [-0.39, 0.29) is 0 Å². The predicted molar refractivity (Wildman–Crippen MR) is 70.7 cm³/mol. The van der Waals surface area contributed by atoms with Gasteiger partial charge in [0.05, 0.1) is 16.1 Å². The van der Waals surface area contributed by atoms with Crippen LogP contribution in [-0.4, -0.2) is 35.1 Å². The van der Waals surface area contributed by atoms with Crippen molar-refractivity contribution in [1.29, 1.82) is 0 Å². The number of imidazole rings is 1. The molecule has 1 N–H and O–H groups in total. The van der Waals surface area contributed by atoms with E-state index in [0.717, 1.165) is 28.9 Å². The Balaban J connectivity index is 2.48. The maximum atomic E-state index is 6.10. The van der Waals surface area contributed by atoms with Crippen LogP contribution in [0.15, 0.2) is 18.2 Å². The van der Waals surface area contributed by atoms with Gasteiger partial charge in [0, 0.05) is 13.1 Å². The fourth-order valence-electron chi connectivity index (χ4n) is 1.67. The summed E-state index contributed by atoms with van der Waals surface area (Å²) >= 11 is 11.4. The van der Waals surface area contributed by atoms with Crippen molar-refractivity contribution in [3.8, 4) is 0 Å². The van der Waals surface area contributed by atoms with Gasteiger partial charge in [0.25, 0.3) is 0 Å². The van der Waals surface area contributed by atoms with E-state index in [1.54, 1.807) is 0 Å². The molecule has 0 saturated carbocycles. The van der Waals surface area contributed by atoms with Crippen molar-refractivity contribution in [1.82, 2.24) is 14.5 Å². The second-order valence-corrected chi connectivity index (χ2v) is 4.81. The first-order valence-corrected chi connectivity index (χ1v) is 5.90. The summed E-state index contributed by atoms with van der Waals surface area (Å²) in [5, 5.41) is 0.715. The van der Waals surface area contributed by atoms with E-state index in [1.165, 1.54) is 0 Å². The molecule has 3 nitrogen and oxygen atoms in total. The SMILES string of the molecule is CN(C)CCn1c(=S)[nH]c2c(Cl)cccc21. The molecule has 2 rings (SSSR count). The molecule has 0 atom stereocenters. The first-order chi connectivity index (χ1) is 7.59. The van der Waals surface area contributed by atoms with Crippen molar-refractivity contribution in [2.24, 2.45) is 0 Å². The molecule has 1 heterocycles. The van der Waals surface area contributed by atoms with Crippen LogP contribution in [0.1, 0.15) is 0 Å². The lowest BCUT2D eigenvalue weighted by Gasteiger charge is -2.10. The van der Waals surface area contributed by atoms with Gasteiger partial charge in [-0.2, -0.15) is 0 Å². The Kier molecular flexibility index (Phi) is 3.33. The summed E-state index contributed by atoms with van der Waals surface area (Å²) in [4.78, 5) is 5.28. The molecular weight excluding hydrogens is 242 g/mol. The largest absolute Gasteiger partial charge is 0.329 e. The summed E-state index contributed by atoms with van der Waals surface area (Å²) < 4.78 is 2.81. The van der Waals surface area contributed by atoms with Crippen LogP contribution in [0.2, 0.25) is 5.02 Å². The molecule has 0 aliphatic rings. The number of likely N-dealkylation sites (N-methyl/N-ethyl adjacent to an activating group) is 1. The van der Waals surface area contributed by atoms with Gasteiger partial charge >= 0.3 is 0 Å². The molecule has 1 aromatic carbocycles. The normalized spacial score (nSPS) is 11.5. The van der Waals surface area contributed by atoms with E-state index in [0.29, 0.717) is 5.02 Å². The van der Waals surface area contributed by atoms with Gasteiger partial charge in [-0.3, -0.25) is 0 Å². The van der Waals surface area contributed by atoms with Crippen LogP contribution in [0.3, 0.4) is 0 Å². The second-order valence-electron chi connectivity index (χ2n) is 4.02. The molecule has 5 heteroatoms. The molecule has 0 fully saturated rings. The zero-order valence-electron chi connectivity index (χ0n) is 9.33. The Bertz CT molecular complexity index is 556. The van der Waals surface area contributed by atoms with Gasteiger partial charge in [-0.1, -0.05) is 17.7 Å². The van der Waals surface area contributed by atoms with E-state index >= 15 is 0 Å². The van der Waals surface area contributed by atoms with Crippen molar-refractivity contribution in [2.75, 3.05) is 20.6 Å². The number of para-hydroxylation sites is 1. The third-order valence-corrected chi connectivity index (χ3v) is 3.17. The molecule has 0 unspecified atom stereocenters. The van der Waals surface area contributed by atoms with Crippen molar-refractivity contribution in [3.63, 3.8) is 0 Å². The minimum Gasteiger partial charge on any atom is -0.329 e. The molecule has 0 bridgehead atoms. The monoisotopic (exact) mass is 255 g/mol. The average Bonchev–Trinajstić information content (AvgIpc) is 2.53. The number of hydrogen-bond donors (Lipinski definition) is 1. The third-order valence-electron chi connectivity index (χ3n) is 2.53.